The largest absolute Gasteiger partial charge is 0.309 e. The number of nitrogens with zero attached hydrogens (tertiary/aromatic N) is 1. The molecule has 0 unspecified atom stereocenters. The number of aromatic nitrogens is 1. The van der Waals surface area contributed by atoms with Crippen LogP contribution in [0.4, 0.5) is 0 Å². The van der Waals surface area contributed by atoms with Crippen molar-refractivity contribution in [2.24, 2.45) is 0 Å². The summed E-state index contributed by atoms with van der Waals surface area (Å²) in [5.41, 5.74) is 23.6. The molecule has 0 fully saturated rings. The summed E-state index contributed by atoms with van der Waals surface area (Å²) >= 11 is 1.91. The van der Waals surface area contributed by atoms with E-state index in [0.717, 1.165) is 0 Å². The van der Waals surface area contributed by atoms with E-state index < -0.39 is 8.07 Å². The molecule has 0 amide bonds. The van der Waals surface area contributed by atoms with Gasteiger partial charge >= 0.3 is 0 Å². The lowest BCUT2D eigenvalue weighted by atomic mass is 9.95. The first-order chi connectivity index (χ1) is 41.9. The van der Waals surface area contributed by atoms with Crippen LogP contribution in [-0.2, 0) is 0 Å². The molecule has 14 aromatic carbocycles. The highest BCUT2D eigenvalue weighted by Gasteiger charge is 2.38. The monoisotopic (exact) mass is 1110 g/mol. The maximum absolute atomic E-state index is 2.55. The van der Waals surface area contributed by atoms with Gasteiger partial charge in [-0.2, -0.15) is 0 Å². The van der Waals surface area contributed by atoms with E-state index in [9.17, 15) is 0 Å². The minimum atomic E-state index is -2.16. The van der Waals surface area contributed by atoms with Crippen LogP contribution in [0, 0.1) is 0 Å². The van der Waals surface area contributed by atoms with Crippen molar-refractivity contribution in [2.75, 3.05) is 0 Å². The Hall–Kier alpha value is -10.2. The summed E-state index contributed by atoms with van der Waals surface area (Å²) in [6.07, 6.45) is 0. The average Bonchev–Trinajstić information content (AvgIpc) is 2.31. The molecule has 0 saturated carbocycles. The van der Waals surface area contributed by atoms with Crippen LogP contribution in [0.2, 0.25) is 13.1 Å². The molecular formula is C82H55NSSi. The third kappa shape index (κ3) is 8.10. The smallest absolute Gasteiger partial charge is 0.113 e. The van der Waals surface area contributed by atoms with Gasteiger partial charge in [0.1, 0.15) is 8.07 Å². The summed E-state index contributed by atoms with van der Waals surface area (Å²) in [6.45, 7) is 5.10. The van der Waals surface area contributed by atoms with E-state index in [1.807, 2.05) is 11.3 Å². The lowest BCUT2D eigenvalue weighted by Crippen LogP contribution is -2.49. The Kier molecular flexibility index (Phi) is 11.3. The molecule has 3 heteroatoms. The van der Waals surface area contributed by atoms with Gasteiger partial charge in [-0.3, -0.25) is 0 Å². The summed E-state index contributed by atoms with van der Waals surface area (Å²) in [6, 6.07) is 111. The Morgan fingerprint density at radius 1 is 0.259 bits per heavy atom. The van der Waals surface area contributed by atoms with Crippen LogP contribution in [0.3, 0.4) is 0 Å². The molecule has 0 atom stereocenters. The van der Waals surface area contributed by atoms with Crippen molar-refractivity contribution in [2.45, 2.75) is 13.1 Å². The maximum Gasteiger partial charge on any atom is 0.113 e. The molecule has 85 heavy (non-hydrogen) atoms. The molecular weight excluding hydrogens is 1060 g/mol. The molecule has 16 aromatic rings. The Morgan fingerprint density at radius 3 is 1.19 bits per heavy atom. The minimum absolute atomic E-state index is 1.20. The number of hydrogen-bond donors (Lipinski definition) is 0. The normalized spacial score (nSPS) is 12.7. The van der Waals surface area contributed by atoms with Crippen molar-refractivity contribution >= 4 is 93.3 Å². The predicted octanol–water partition coefficient (Wildman–Crippen LogP) is 21.9. The summed E-state index contributed by atoms with van der Waals surface area (Å²) in [5.74, 6) is 0. The first-order valence-corrected chi connectivity index (χ1v) is 33.3. The van der Waals surface area contributed by atoms with Crippen LogP contribution in [0.25, 0.3) is 158 Å². The third-order valence-electron chi connectivity index (χ3n) is 18.5. The number of fused-ring (bicyclic) bond motifs is 11. The maximum atomic E-state index is 2.55. The minimum Gasteiger partial charge on any atom is -0.309 e. The number of thiophene rings is 1. The Balaban J connectivity index is 0.734. The number of rotatable bonds is 8. The number of hydrogen-bond acceptors (Lipinski definition) is 1. The van der Waals surface area contributed by atoms with Crippen LogP contribution < -0.4 is 10.4 Å². The molecule has 0 N–H and O–H groups in total. The zero-order valence-electron chi connectivity index (χ0n) is 47.1. The topological polar surface area (TPSA) is 4.93 Å². The van der Waals surface area contributed by atoms with Crippen LogP contribution >= 0.6 is 11.3 Å². The zero-order valence-corrected chi connectivity index (χ0v) is 49.0. The second-order valence-corrected chi connectivity index (χ2v) is 28.9. The molecule has 0 radical (unpaired) electrons. The van der Waals surface area contributed by atoms with E-state index in [0.29, 0.717) is 0 Å². The fourth-order valence-electron chi connectivity index (χ4n) is 14.0. The van der Waals surface area contributed by atoms with E-state index in [1.165, 1.54) is 169 Å². The Bertz CT molecular complexity index is 5120. The predicted molar refractivity (Wildman–Crippen MR) is 369 cm³/mol. The molecule has 0 spiro atoms. The molecule has 3 heterocycles. The fraction of sp³-hybridized carbons (Fsp3) is 0.0244. The molecule has 2 aromatic heterocycles. The van der Waals surface area contributed by atoms with Crippen molar-refractivity contribution in [1.29, 1.82) is 0 Å². The molecule has 1 aliphatic heterocycles. The Labute approximate surface area is 499 Å². The molecule has 1 nitrogen and oxygen atoms in total. The quantitative estimate of drug-likeness (QED) is 0.134. The first kappa shape index (κ1) is 49.4. The van der Waals surface area contributed by atoms with Crippen molar-refractivity contribution in [1.82, 2.24) is 4.57 Å². The van der Waals surface area contributed by atoms with Gasteiger partial charge in [0.05, 0.1) is 11.0 Å². The van der Waals surface area contributed by atoms with Crippen LogP contribution in [0.5, 0.6) is 0 Å². The van der Waals surface area contributed by atoms with Crippen molar-refractivity contribution in [3.05, 3.63) is 297 Å². The zero-order chi connectivity index (χ0) is 56.3. The highest BCUT2D eigenvalue weighted by atomic mass is 32.1. The molecule has 0 bridgehead atoms. The van der Waals surface area contributed by atoms with Crippen LogP contribution in [0.15, 0.2) is 297 Å². The second-order valence-electron chi connectivity index (χ2n) is 23.6. The van der Waals surface area contributed by atoms with Crippen LogP contribution in [-0.4, -0.2) is 12.6 Å². The van der Waals surface area contributed by atoms with Gasteiger partial charge in [0.25, 0.3) is 0 Å². The summed E-state index contributed by atoms with van der Waals surface area (Å²) in [7, 11) is -2.16. The molecule has 0 saturated heterocycles. The average molecular weight is 1110 g/mol. The fourth-order valence-corrected chi connectivity index (χ4v) is 18.4. The van der Waals surface area contributed by atoms with Gasteiger partial charge in [0.2, 0.25) is 0 Å². The van der Waals surface area contributed by atoms with Gasteiger partial charge in [-0.05, 0) is 163 Å². The lowest BCUT2D eigenvalue weighted by Gasteiger charge is -2.21. The second kappa shape index (κ2) is 19.5. The van der Waals surface area contributed by atoms with Gasteiger partial charge in [0, 0.05) is 36.6 Å². The van der Waals surface area contributed by atoms with Crippen molar-refractivity contribution < 1.29 is 0 Å². The molecule has 17 rings (SSSR count). The lowest BCUT2D eigenvalue weighted by molar-refractivity contribution is 1.18. The standard InChI is InChI=1S/C82H55NSSi/c1-85(2)80-50-64(70-21-11-22-74-71-18-7-8-23-79(71)84-82(70)74)40-44-72(80)73-45-43-65(51-81(73)85)83-77-46-41-62(56-28-24-52(25-29-56)54-32-36-60(37-33-54)68-19-9-14-58-12-3-5-16-66(58)68)48-75(77)76-49-63(42-47-78(76)83)57-30-26-53(27-31-57)55-34-38-61(39-35-55)69-20-10-15-59-13-4-6-17-67(59)69/h3-51H,1-2H3. The Morgan fingerprint density at radius 2 is 0.647 bits per heavy atom. The SMILES string of the molecule is C[Si]1(C)c2cc(-c3cccc4c3sc3ccccc34)ccc2-c2ccc(-n3c4ccc(-c5ccc(-c6ccc(-c7cccc8ccccc78)cc6)cc5)cc4c4cc(-c5ccc(-c6ccc(-c7cccc8ccccc78)cc6)cc5)ccc43)cc21. The van der Waals surface area contributed by atoms with Gasteiger partial charge in [0.15, 0.2) is 0 Å². The third-order valence-corrected chi connectivity index (χ3v) is 23.2. The molecule has 1 aliphatic rings. The highest BCUT2D eigenvalue weighted by molar-refractivity contribution is 7.26. The van der Waals surface area contributed by atoms with E-state index in [4.69, 9.17) is 0 Å². The van der Waals surface area contributed by atoms with Gasteiger partial charge in [-0.25, -0.2) is 0 Å². The van der Waals surface area contributed by atoms with E-state index in [2.05, 4.69) is 315 Å². The highest BCUT2D eigenvalue weighted by Crippen LogP contribution is 2.43. The van der Waals surface area contributed by atoms with Crippen molar-refractivity contribution in [3.8, 4) is 94.7 Å². The van der Waals surface area contributed by atoms with Crippen molar-refractivity contribution in [3.63, 3.8) is 0 Å². The van der Waals surface area contributed by atoms with Crippen LogP contribution in [0.1, 0.15) is 0 Å². The first-order valence-electron chi connectivity index (χ1n) is 29.5. The van der Waals surface area contributed by atoms with Gasteiger partial charge in [-0.15, -0.1) is 11.3 Å². The number of benzene rings is 14. The van der Waals surface area contributed by atoms with E-state index >= 15 is 0 Å². The molecule has 0 aliphatic carbocycles. The molecule has 398 valence electrons. The summed E-state index contributed by atoms with van der Waals surface area (Å²) in [5, 5.41) is 13.2. The summed E-state index contributed by atoms with van der Waals surface area (Å²) in [4.78, 5) is 0. The van der Waals surface area contributed by atoms with Gasteiger partial charge < -0.3 is 4.57 Å². The van der Waals surface area contributed by atoms with E-state index in [-0.39, 0.29) is 0 Å². The van der Waals surface area contributed by atoms with Gasteiger partial charge in [-0.1, -0.05) is 268 Å². The van der Waals surface area contributed by atoms with E-state index in [1.54, 1.807) is 0 Å². The summed E-state index contributed by atoms with van der Waals surface area (Å²) < 4.78 is 5.23.